The molecule has 0 saturated heterocycles. The first-order valence-corrected chi connectivity index (χ1v) is 5.20. The number of nitrogen functional groups attached to an aromatic ring is 1. The average molecular weight is 229 g/mol. The Morgan fingerprint density at radius 3 is 1.88 bits per heavy atom. The van der Waals surface area contributed by atoms with E-state index in [-0.39, 0.29) is 0 Å². The number of anilines is 1. The highest BCUT2D eigenvalue weighted by atomic mass is 16.4. The van der Waals surface area contributed by atoms with Crippen LogP contribution in [0.4, 0.5) is 5.69 Å². The molecule has 88 valence electrons. The van der Waals surface area contributed by atoms with Crippen molar-refractivity contribution in [1.82, 2.24) is 0 Å². The number of carboxylic acid groups (broad SMARTS) is 1. The second kappa shape index (κ2) is 6.33. The standard InChI is InChI=1S/C8H8O2.C6H7N/c1-6-2-4-7(5-3-6)8(9)10;7-6-4-2-1-3-5-6/h2-5H,1H3,(H,9,10);1-5H,7H2. The zero-order valence-corrected chi connectivity index (χ0v) is 9.63. The summed E-state index contributed by atoms with van der Waals surface area (Å²) in [6.45, 7) is 1.92. The van der Waals surface area contributed by atoms with E-state index in [1.54, 1.807) is 24.3 Å². The Kier molecular flexibility index (Phi) is 4.76. The molecule has 2 rings (SSSR count). The third-order valence-electron chi connectivity index (χ3n) is 2.10. The summed E-state index contributed by atoms with van der Waals surface area (Å²) in [6, 6.07) is 16.2. The van der Waals surface area contributed by atoms with Crippen molar-refractivity contribution in [2.45, 2.75) is 6.92 Å². The largest absolute Gasteiger partial charge is 0.478 e. The van der Waals surface area contributed by atoms with Crippen LogP contribution in [0.15, 0.2) is 54.6 Å². The molecule has 17 heavy (non-hydrogen) atoms. The van der Waals surface area contributed by atoms with Crippen molar-refractivity contribution in [3.8, 4) is 0 Å². The number of carbonyl (C=O) groups is 1. The normalized spacial score (nSPS) is 9.00. The van der Waals surface area contributed by atoms with Gasteiger partial charge in [0.15, 0.2) is 0 Å². The van der Waals surface area contributed by atoms with Gasteiger partial charge in [-0.3, -0.25) is 0 Å². The molecule has 3 nitrogen and oxygen atoms in total. The highest BCUT2D eigenvalue weighted by molar-refractivity contribution is 5.87. The van der Waals surface area contributed by atoms with Gasteiger partial charge in [-0.2, -0.15) is 0 Å². The van der Waals surface area contributed by atoms with Crippen molar-refractivity contribution >= 4 is 11.7 Å². The maximum Gasteiger partial charge on any atom is 0.335 e. The topological polar surface area (TPSA) is 63.3 Å². The Hall–Kier alpha value is -2.29. The molecule has 2 aromatic rings. The van der Waals surface area contributed by atoms with Crippen molar-refractivity contribution in [2.24, 2.45) is 0 Å². The molecular formula is C14H15NO2. The molecular weight excluding hydrogens is 214 g/mol. The molecule has 0 aliphatic carbocycles. The number of para-hydroxylation sites is 1. The number of nitrogens with two attached hydrogens (primary N) is 1. The Labute approximate surface area is 101 Å². The van der Waals surface area contributed by atoms with Crippen molar-refractivity contribution in [1.29, 1.82) is 0 Å². The lowest BCUT2D eigenvalue weighted by atomic mass is 10.2. The minimum Gasteiger partial charge on any atom is -0.478 e. The molecule has 3 N–H and O–H groups in total. The van der Waals surface area contributed by atoms with Crippen LogP contribution in [0.3, 0.4) is 0 Å². The van der Waals surface area contributed by atoms with Gasteiger partial charge in [-0.1, -0.05) is 35.9 Å². The van der Waals surface area contributed by atoms with Crippen molar-refractivity contribution < 1.29 is 9.90 Å². The molecule has 0 amide bonds. The maximum atomic E-state index is 10.3. The summed E-state index contributed by atoms with van der Waals surface area (Å²) >= 11 is 0. The molecule has 0 aliphatic heterocycles. The SMILES string of the molecule is Cc1ccc(C(=O)O)cc1.Nc1ccccc1. The number of hydrogen-bond acceptors (Lipinski definition) is 2. The summed E-state index contributed by atoms with van der Waals surface area (Å²) in [4.78, 5) is 10.3. The molecule has 0 atom stereocenters. The van der Waals surface area contributed by atoms with E-state index in [4.69, 9.17) is 10.8 Å². The Morgan fingerprint density at radius 2 is 1.53 bits per heavy atom. The molecule has 0 heterocycles. The predicted octanol–water partition coefficient (Wildman–Crippen LogP) is 2.96. The average Bonchev–Trinajstić information content (AvgIpc) is 2.31. The van der Waals surface area contributed by atoms with Crippen LogP contribution in [0.5, 0.6) is 0 Å². The highest BCUT2D eigenvalue weighted by Gasteiger charge is 1.98. The van der Waals surface area contributed by atoms with E-state index >= 15 is 0 Å². The third-order valence-corrected chi connectivity index (χ3v) is 2.10. The molecule has 2 aromatic carbocycles. The Bertz CT molecular complexity index is 463. The second-order valence-corrected chi connectivity index (χ2v) is 3.58. The van der Waals surface area contributed by atoms with Crippen LogP contribution in [0.2, 0.25) is 0 Å². The zero-order chi connectivity index (χ0) is 12.7. The van der Waals surface area contributed by atoms with Gasteiger partial charge in [0.05, 0.1) is 5.56 Å². The molecule has 0 radical (unpaired) electrons. The van der Waals surface area contributed by atoms with Crippen LogP contribution in [0.25, 0.3) is 0 Å². The molecule has 0 fully saturated rings. The molecule has 0 spiro atoms. The van der Waals surface area contributed by atoms with Crippen LogP contribution in [-0.2, 0) is 0 Å². The fourth-order valence-corrected chi connectivity index (χ4v) is 1.15. The van der Waals surface area contributed by atoms with Gasteiger partial charge in [-0.05, 0) is 31.2 Å². The minimum atomic E-state index is -0.875. The molecule has 0 bridgehead atoms. The Balaban J connectivity index is 0.000000181. The summed E-state index contributed by atoms with van der Waals surface area (Å²) in [5, 5.41) is 8.48. The zero-order valence-electron chi connectivity index (χ0n) is 9.63. The van der Waals surface area contributed by atoms with Crippen molar-refractivity contribution in [3.63, 3.8) is 0 Å². The lowest BCUT2D eigenvalue weighted by Gasteiger charge is -1.92. The lowest BCUT2D eigenvalue weighted by Crippen LogP contribution is -1.94. The van der Waals surface area contributed by atoms with E-state index < -0.39 is 5.97 Å². The number of aromatic carboxylic acids is 1. The number of rotatable bonds is 1. The first-order valence-electron chi connectivity index (χ1n) is 5.20. The number of benzene rings is 2. The van der Waals surface area contributed by atoms with Gasteiger partial charge in [0, 0.05) is 5.69 Å². The second-order valence-electron chi connectivity index (χ2n) is 3.58. The predicted molar refractivity (Wildman–Crippen MR) is 69.0 cm³/mol. The van der Waals surface area contributed by atoms with E-state index in [2.05, 4.69) is 0 Å². The van der Waals surface area contributed by atoms with Gasteiger partial charge in [0.2, 0.25) is 0 Å². The monoisotopic (exact) mass is 229 g/mol. The first kappa shape index (κ1) is 12.8. The molecule has 0 aliphatic rings. The highest BCUT2D eigenvalue weighted by Crippen LogP contribution is 2.01. The molecule has 3 heteroatoms. The smallest absolute Gasteiger partial charge is 0.335 e. The number of carboxylic acids is 1. The molecule has 0 aromatic heterocycles. The van der Waals surface area contributed by atoms with Gasteiger partial charge >= 0.3 is 5.97 Å². The number of hydrogen-bond donors (Lipinski definition) is 2. The third kappa shape index (κ3) is 4.84. The summed E-state index contributed by atoms with van der Waals surface area (Å²) in [7, 11) is 0. The number of aryl methyl sites for hydroxylation is 1. The van der Waals surface area contributed by atoms with Gasteiger partial charge in [-0.15, -0.1) is 0 Å². The summed E-state index contributed by atoms with van der Waals surface area (Å²) in [5.74, 6) is -0.875. The van der Waals surface area contributed by atoms with Gasteiger partial charge < -0.3 is 10.8 Å². The van der Waals surface area contributed by atoms with Crippen molar-refractivity contribution in [2.75, 3.05) is 5.73 Å². The van der Waals surface area contributed by atoms with E-state index in [9.17, 15) is 4.79 Å². The molecule has 0 saturated carbocycles. The quantitative estimate of drug-likeness (QED) is 0.739. The lowest BCUT2D eigenvalue weighted by molar-refractivity contribution is 0.0697. The molecule has 0 unspecified atom stereocenters. The van der Waals surface area contributed by atoms with E-state index in [0.29, 0.717) is 5.56 Å². The maximum absolute atomic E-state index is 10.3. The minimum absolute atomic E-state index is 0.339. The van der Waals surface area contributed by atoms with Gasteiger partial charge in [0.1, 0.15) is 0 Å². The van der Waals surface area contributed by atoms with Crippen molar-refractivity contribution in [3.05, 3.63) is 65.7 Å². The van der Waals surface area contributed by atoms with E-state index in [1.165, 1.54) is 0 Å². The van der Waals surface area contributed by atoms with Crippen LogP contribution in [0, 0.1) is 6.92 Å². The summed E-state index contributed by atoms with van der Waals surface area (Å²) < 4.78 is 0. The van der Waals surface area contributed by atoms with E-state index in [0.717, 1.165) is 11.3 Å². The van der Waals surface area contributed by atoms with Crippen LogP contribution >= 0.6 is 0 Å². The van der Waals surface area contributed by atoms with Gasteiger partial charge in [-0.25, -0.2) is 4.79 Å². The van der Waals surface area contributed by atoms with Gasteiger partial charge in [0.25, 0.3) is 0 Å². The Morgan fingerprint density at radius 1 is 1.00 bits per heavy atom. The van der Waals surface area contributed by atoms with Crippen LogP contribution < -0.4 is 5.73 Å². The summed E-state index contributed by atoms with van der Waals surface area (Å²) in [6.07, 6.45) is 0. The fraction of sp³-hybridized carbons (Fsp3) is 0.0714. The van der Waals surface area contributed by atoms with Crippen LogP contribution in [0.1, 0.15) is 15.9 Å². The van der Waals surface area contributed by atoms with Crippen LogP contribution in [-0.4, -0.2) is 11.1 Å². The summed E-state index contributed by atoms with van der Waals surface area (Å²) in [5.41, 5.74) is 7.59. The van der Waals surface area contributed by atoms with E-state index in [1.807, 2.05) is 37.3 Å². The fourth-order valence-electron chi connectivity index (χ4n) is 1.15. The first-order chi connectivity index (χ1) is 8.09.